The van der Waals surface area contributed by atoms with Gasteiger partial charge in [0, 0.05) is 23.3 Å². The Hall–Kier alpha value is -1.84. The zero-order valence-corrected chi connectivity index (χ0v) is 15.8. The fourth-order valence-corrected chi connectivity index (χ4v) is 3.31. The molecule has 0 aliphatic carbocycles. The van der Waals surface area contributed by atoms with E-state index in [2.05, 4.69) is 53.6 Å². The third-order valence-corrected chi connectivity index (χ3v) is 4.90. The summed E-state index contributed by atoms with van der Waals surface area (Å²) < 4.78 is 2.21. The fraction of sp³-hybridized carbons (Fsp3) is 0.381. The molecule has 2 aromatic heterocycles. The van der Waals surface area contributed by atoms with E-state index in [-0.39, 0.29) is 0 Å². The minimum Gasteiger partial charge on any atom is -0.302 e. The van der Waals surface area contributed by atoms with Crippen LogP contribution in [0, 0.1) is 0 Å². The minimum absolute atomic E-state index is 0.754. The lowest BCUT2D eigenvalue weighted by Gasteiger charge is -2.21. The van der Waals surface area contributed by atoms with Crippen molar-refractivity contribution in [1.82, 2.24) is 14.3 Å². The number of imidazole rings is 1. The van der Waals surface area contributed by atoms with Crippen molar-refractivity contribution in [2.75, 3.05) is 13.1 Å². The van der Waals surface area contributed by atoms with Gasteiger partial charge in [-0.1, -0.05) is 56.5 Å². The number of halogens is 1. The first-order valence-electron chi connectivity index (χ1n) is 9.17. The molecule has 3 rings (SSSR count). The highest BCUT2D eigenvalue weighted by Crippen LogP contribution is 2.27. The van der Waals surface area contributed by atoms with Gasteiger partial charge in [-0.05, 0) is 43.8 Å². The lowest BCUT2D eigenvalue weighted by Crippen LogP contribution is -2.25. The molecule has 4 heteroatoms. The Bertz CT molecular complexity index is 808. The van der Waals surface area contributed by atoms with Gasteiger partial charge in [-0.25, -0.2) is 4.98 Å². The van der Waals surface area contributed by atoms with Crippen LogP contribution in [-0.2, 0) is 6.54 Å². The summed E-state index contributed by atoms with van der Waals surface area (Å²) in [6.07, 6.45) is 5.89. The molecule has 0 fully saturated rings. The molecular weight excluding hydrogens is 330 g/mol. The smallest absolute Gasteiger partial charge is 0.137 e. The average molecular weight is 356 g/mol. The van der Waals surface area contributed by atoms with Crippen LogP contribution in [0.2, 0.25) is 5.02 Å². The lowest BCUT2D eigenvalue weighted by atomic mass is 10.1. The Morgan fingerprint density at radius 2 is 1.84 bits per heavy atom. The van der Waals surface area contributed by atoms with Crippen LogP contribution in [0.4, 0.5) is 0 Å². The van der Waals surface area contributed by atoms with E-state index in [9.17, 15) is 0 Å². The molecule has 0 aliphatic rings. The zero-order valence-electron chi connectivity index (χ0n) is 15.1. The standard InChI is InChI=1S/C21H26ClN3/c1-3-5-7-14-24(4-2)16-19-21(17-10-12-18(22)13-11-17)23-20-9-6-8-15-25(19)20/h6,8-13,15H,3-5,7,14,16H2,1-2H3. The molecule has 25 heavy (non-hydrogen) atoms. The van der Waals surface area contributed by atoms with Crippen molar-refractivity contribution < 1.29 is 0 Å². The first kappa shape index (κ1) is 18.0. The van der Waals surface area contributed by atoms with E-state index in [1.807, 2.05) is 18.2 Å². The largest absolute Gasteiger partial charge is 0.302 e. The van der Waals surface area contributed by atoms with Crippen LogP contribution in [0.1, 0.15) is 38.8 Å². The van der Waals surface area contributed by atoms with E-state index < -0.39 is 0 Å². The lowest BCUT2D eigenvalue weighted by molar-refractivity contribution is 0.270. The Morgan fingerprint density at radius 1 is 1.04 bits per heavy atom. The maximum absolute atomic E-state index is 6.06. The molecule has 0 radical (unpaired) electrons. The quantitative estimate of drug-likeness (QED) is 0.485. The van der Waals surface area contributed by atoms with Crippen molar-refractivity contribution in [2.45, 2.75) is 39.7 Å². The van der Waals surface area contributed by atoms with Gasteiger partial charge >= 0.3 is 0 Å². The topological polar surface area (TPSA) is 20.5 Å². The highest BCUT2D eigenvalue weighted by molar-refractivity contribution is 6.30. The number of hydrogen-bond acceptors (Lipinski definition) is 2. The number of rotatable bonds is 8. The molecule has 2 heterocycles. The second-order valence-electron chi connectivity index (χ2n) is 6.42. The first-order valence-corrected chi connectivity index (χ1v) is 9.55. The summed E-state index contributed by atoms with van der Waals surface area (Å²) in [5.74, 6) is 0. The average Bonchev–Trinajstić information content (AvgIpc) is 3.00. The Balaban J connectivity index is 1.96. The third-order valence-electron chi connectivity index (χ3n) is 4.65. The molecule has 0 atom stereocenters. The molecule has 132 valence electrons. The molecule has 0 spiro atoms. The molecule has 0 saturated carbocycles. The van der Waals surface area contributed by atoms with Crippen LogP contribution in [0.25, 0.3) is 16.9 Å². The molecule has 3 nitrogen and oxygen atoms in total. The van der Waals surface area contributed by atoms with Crippen molar-refractivity contribution in [3.05, 3.63) is 59.4 Å². The first-order chi connectivity index (χ1) is 12.2. The Morgan fingerprint density at radius 3 is 2.56 bits per heavy atom. The van der Waals surface area contributed by atoms with Crippen LogP contribution >= 0.6 is 11.6 Å². The fourth-order valence-electron chi connectivity index (χ4n) is 3.18. The number of unbranched alkanes of at least 4 members (excludes halogenated alkanes) is 2. The van der Waals surface area contributed by atoms with E-state index >= 15 is 0 Å². The summed E-state index contributed by atoms with van der Waals surface area (Å²) in [7, 11) is 0. The molecule has 0 bridgehead atoms. The maximum Gasteiger partial charge on any atom is 0.137 e. The number of nitrogens with zero attached hydrogens (tertiary/aromatic N) is 3. The molecule has 0 amide bonds. The number of hydrogen-bond donors (Lipinski definition) is 0. The summed E-state index contributed by atoms with van der Waals surface area (Å²) >= 11 is 6.06. The van der Waals surface area contributed by atoms with E-state index in [1.54, 1.807) is 0 Å². The zero-order chi connectivity index (χ0) is 17.6. The van der Waals surface area contributed by atoms with Gasteiger partial charge < -0.3 is 4.40 Å². The van der Waals surface area contributed by atoms with Crippen LogP contribution < -0.4 is 0 Å². The van der Waals surface area contributed by atoms with Crippen molar-refractivity contribution in [2.24, 2.45) is 0 Å². The van der Waals surface area contributed by atoms with Gasteiger partial charge in [0.1, 0.15) is 5.65 Å². The van der Waals surface area contributed by atoms with Gasteiger partial charge in [0.25, 0.3) is 0 Å². The van der Waals surface area contributed by atoms with Gasteiger partial charge in [0.2, 0.25) is 0 Å². The number of pyridine rings is 1. The Labute approximate surface area is 155 Å². The minimum atomic E-state index is 0.754. The SMILES string of the molecule is CCCCCN(CC)Cc1c(-c2ccc(Cl)cc2)nc2ccccn12. The van der Waals surface area contributed by atoms with E-state index in [4.69, 9.17) is 16.6 Å². The normalized spacial score (nSPS) is 11.5. The monoisotopic (exact) mass is 355 g/mol. The van der Waals surface area contributed by atoms with Crippen molar-refractivity contribution in [3.8, 4) is 11.3 Å². The van der Waals surface area contributed by atoms with Gasteiger partial charge in [0.05, 0.1) is 11.4 Å². The molecular formula is C21H26ClN3. The molecule has 1 aromatic carbocycles. The molecule has 3 aromatic rings. The van der Waals surface area contributed by atoms with Crippen molar-refractivity contribution in [1.29, 1.82) is 0 Å². The van der Waals surface area contributed by atoms with Crippen LogP contribution in [0.5, 0.6) is 0 Å². The highest BCUT2D eigenvalue weighted by atomic mass is 35.5. The van der Waals surface area contributed by atoms with Gasteiger partial charge in [-0.2, -0.15) is 0 Å². The molecule has 0 saturated heterocycles. The second-order valence-corrected chi connectivity index (χ2v) is 6.86. The Kier molecular flexibility index (Phi) is 6.11. The van der Waals surface area contributed by atoms with Gasteiger partial charge in [-0.15, -0.1) is 0 Å². The second kappa shape index (κ2) is 8.50. The summed E-state index contributed by atoms with van der Waals surface area (Å²) in [5.41, 5.74) is 4.41. The highest BCUT2D eigenvalue weighted by Gasteiger charge is 2.16. The summed E-state index contributed by atoms with van der Waals surface area (Å²) in [5, 5.41) is 0.754. The van der Waals surface area contributed by atoms with Gasteiger partial charge in [-0.3, -0.25) is 4.90 Å². The molecule has 0 N–H and O–H groups in total. The van der Waals surface area contributed by atoms with Crippen LogP contribution in [0.3, 0.4) is 0 Å². The summed E-state index contributed by atoms with van der Waals surface area (Å²) in [6, 6.07) is 14.2. The number of benzene rings is 1. The predicted octanol–water partition coefficient (Wildman–Crippen LogP) is 5.67. The van der Waals surface area contributed by atoms with E-state index in [1.165, 1.54) is 25.0 Å². The third kappa shape index (κ3) is 4.23. The van der Waals surface area contributed by atoms with E-state index in [0.717, 1.165) is 41.6 Å². The maximum atomic E-state index is 6.06. The van der Waals surface area contributed by atoms with Crippen LogP contribution in [0.15, 0.2) is 48.7 Å². The van der Waals surface area contributed by atoms with Crippen LogP contribution in [-0.4, -0.2) is 27.4 Å². The summed E-state index contributed by atoms with van der Waals surface area (Å²) in [6.45, 7) is 7.56. The van der Waals surface area contributed by atoms with Crippen molar-refractivity contribution in [3.63, 3.8) is 0 Å². The number of aromatic nitrogens is 2. The molecule has 0 unspecified atom stereocenters. The van der Waals surface area contributed by atoms with Crippen molar-refractivity contribution >= 4 is 17.2 Å². The number of fused-ring (bicyclic) bond motifs is 1. The predicted molar refractivity (Wildman–Crippen MR) is 106 cm³/mol. The summed E-state index contributed by atoms with van der Waals surface area (Å²) in [4.78, 5) is 7.40. The van der Waals surface area contributed by atoms with Gasteiger partial charge in [0.15, 0.2) is 0 Å². The molecule has 0 aliphatic heterocycles. The van der Waals surface area contributed by atoms with E-state index in [0.29, 0.717) is 0 Å².